The summed E-state index contributed by atoms with van der Waals surface area (Å²) >= 11 is 5.65. The molecule has 1 aromatic rings. The Labute approximate surface area is 115 Å². The second-order valence-electron chi connectivity index (χ2n) is 3.77. The molecule has 0 saturated carbocycles. The first kappa shape index (κ1) is 15.3. The standard InChI is InChI=1S/C11H14ClN3O4/c1-2-5-14(6-7-16)11(17)8-3-4-13-10(12)9(8)15(18)19/h3-4,16H,2,5-7H2,1H3. The van der Waals surface area contributed by atoms with Gasteiger partial charge in [0.1, 0.15) is 5.56 Å². The van der Waals surface area contributed by atoms with E-state index in [4.69, 9.17) is 16.7 Å². The van der Waals surface area contributed by atoms with Crippen molar-refractivity contribution in [2.24, 2.45) is 0 Å². The van der Waals surface area contributed by atoms with Gasteiger partial charge in [-0.15, -0.1) is 0 Å². The number of pyridine rings is 1. The maximum absolute atomic E-state index is 12.2. The maximum atomic E-state index is 12.2. The van der Waals surface area contributed by atoms with Gasteiger partial charge in [-0.1, -0.05) is 18.5 Å². The van der Waals surface area contributed by atoms with E-state index in [0.29, 0.717) is 13.0 Å². The number of nitro groups is 1. The molecule has 1 amide bonds. The van der Waals surface area contributed by atoms with Crippen molar-refractivity contribution in [3.63, 3.8) is 0 Å². The number of aliphatic hydroxyl groups is 1. The lowest BCUT2D eigenvalue weighted by atomic mass is 10.2. The minimum Gasteiger partial charge on any atom is -0.395 e. The van der Waals surface area contributed by atoms with Crippen molar-refractivity contribution < 1.29 is 14.8 Å². The van der Waals surface area contributed by atoms with Crippen LogP contribution in [0.4, 0.5) is 5.69 Å². The third kappa shape index (κ3) is 3.62. The number of aliphatic hydroxyl groups excluding tert-OH is 1. The fraction of sp³-hybridized carbons (Fsp3) is 0.455. The highest BCUT2D eigenvalue weighted by Gasteiger charge is 2.27. The van der Waals surface area contributed by atoms with E-state index >= 15 is 0 Å². The molecular weight excluding hydrogens is 274 g/mol. The molecule has 1 aromatic heterocycles. The molecule has 0 unspecified atom stereocenters. The van der Waals surface area contributed by atoms with Crippen LogP contribution in [0.25, 0.3) is 0 Å². The molecule has 0 bridgehead atoms. The molecule has 7 nitrogen and oxygen atoms in total. The third-order valence-electron chi connectivity index (χ3n) is 2.44. The summed E-state index contributed by atoms with van der Waals surface area (Å²) in [5.41, 5.74) is -0.625. The minimum atomic E-state index is -0.731. The fourth-order valence-corrected chi connectivity index (χ4v) is 1.88. The number of hydrogen-bond donors (Lipinski definition) is 1. The first-order valence-corrected chi connectivity index (χ1v) is 6.09. The zero-order valence-corrected chi connectivity index (χ0v) is 11.1. The first-order valence-electron chi connectivity index (χ1n) is 5.72. The molecule has 1 rings (SSSR count). The summed E-state index contributed by atoms with van der Waals surface area (Å²) in [4.78, 5) is 27.4. The molecule has 8 heteroatoms. The zero-order valence-electron chi connectivity index (χ0n) is 10.4. The Hall–Kier alpha value is -1.73. The first-order chi connectivity index (χ1) is 9.02. The van der Waals surface area contributed by atoms with Crippen molar-refractivity contribution in [3.8, 4) is 0 Å². The van der Waals surface area contributed by atoms with Gasteiger partial charge in [0.05, 0.1) is 11.5 Å². The topological polar surface area (TPSA) is 96.6 Å². The Morgan fingerprint density at radius 3 is 2.79 bits per heavy atom. The van der Waals surface area contributed by atoms with Crippen LogP contribution >= 0.6 is 11.6 Å². The number of aromatic nitrogens is 1. The Balaban J connectivity index is 3.17. The van der Waals surface area contributed by atoms with Gasteiger partial charge in [0, 0.05) is 19.3 Å². The number of amides is 1. The summed E-state index contributed by atoms with van der Waals surface area (Å²) in [6.07, 6.45) is 1.92. The van der Waals surface area contributed by atoms with E-state index in [2.05, 4.69) is 4.98 Å². The zero-order chi connectivity index (χ0) is 14.4. The molecule has 0 atom stereocenters. The second kappa shape index (κ2) is 7.01. The molecule has 0 saturated heterocycles. The molecule has 0 radical (unpaired) electrons. The third-order valence-corrected chi connectivity index (χ3v) is 2.72. The van der Waals surface area contributed by atoms with Gasteiger partial charge in [0.15, 0.2) is 0 Å². The van der Waals surface area contributed by atoms with Gasteiger partial charge in [0.2, 0.25) is 5.15 Å². The van der Waals surface area contributed by atoms with Gasteiger partial charge in [0.25, 0.3) is 5.91 Å². The summed E-state index contributed by atoms with van der Waals surface area (Å²) in [5.74, 6) is -0.535. The van der Waals surface area contributed by atoms with Gasteiger partial charge in [-0.05, 0) is 12.5 Å². The van der Waals surface area contributed by atoms with Crippen LogP contribution in [0.2, 0.25) is 5.15 Å². The highest BCUT2D eigenvalue weighted by Crippen LogP contribution is 2.27. The van der Waals surface area contributed by atoms with E-state index < -0.39 is 16.5 Å². The van der Waals surface area contributed by atoms with Crippen LogP contribution < -0.4 is 0 Å². The van der Waals surface area contributed by atoms with Crippen molar-refractivity contribution in [1.29, 1.82) is 0 Å². The number of hydrogen-bond acceptors (Lipinski definition) is 5. The highest BCUT2D eigenvalue weighted by atomic mass is 35.5. The maximum Gasteiger partial charge on any atom is 0.319 e. The largest absolute Gasteiger partial charge is 0.395 e. The van der Waals surface area contributed by atoms with Crippen LogP contribution in [-0.4, -0.2) is 45.5 Å². The van der Waals surface area contributed by atoms with Gasteiger partial charge >= 0.3 is 5.69 Å². The minimum absolute atomic E-state index is 0.115. The average molecular weight is 288 g/mol. The van der Waals surface area contributed by atoms with Gasteiger partial charge in [-0.25, -0.2) is 4.98 Å². The quantitative estimate of drug-likeness (QED) is 0.486. The molecule has 0 aliphatic heterocycles. The number of halogens is 1. The molecule has 0 spiro atoms. The van der Waals surface area contributed by atoms with Gasteiger partial charge in [-0.2, -0.15) is 0 Å². The van der Waals surface area contributed by atoms with Crippen molar-refractivity contribution in [2.45, 2.75) is 13.3 Å². The summed E-state index contributed by atoms with van der Waals surface area (Å²) < 4.78 is 0. The number of carbonyl (C=O) groups is 1. The van der Waals surface area contributed by atoms with E-state index in [-0.39, 0.29) is 23.9 Å². The van der Waals surface area contributed by atoms with Gasteiger partial charge < -0.3 is 10.0 Å². The molecule has 0 aliphatic carbocycles. The molecular formula is C11H14ClN3O4. The molecule has 19 heavy (non-hydrogen) atoms. The number of rotatable bonds is 6. The molecule has 0 fully saturated rings. The summed E-state index contributed by atoms with van der Waals surface area (Å²) in [6.45, 7) is 2.17. The van der Waals surface area contributed by atoms with Crippen molar-refractivity contribution in [3.05, 3.63) is 33.1 Å². The summed E-state index contributed by atoms with van der Waals surface area (Å²) in [6, 6.07) is 1.26. The number of nitrogens with zero attached hydrogens (tertiary/aromatic N) is 3. The lowest BCUT2D eigenvalue weighted by Gasteiger charge is -2.20. The Morgan fingerprint density at radius 2 is 2.26 bits per heavy atom. The van der Waals surface area contributed by atoms with Crippen molar-refractivity contribution in [2.75, 3.05) is 19.7 Å². The average Bonchev–Trinajstić information content (AvgIpc) is 2.37. The van der Waals surface area contributed by atoms with Crippen LogP contribution in [0.1, 0.15) is 23.7 Å². The second-order valence-corrected chi connectivity index (χ2v) is 4.13. The Morgan fingerprint density at radius 1 is 1.58 bits per heavy atom. The summed E-state index contributed by atoms with van der Waals surface area (Å²) in [7, 11) is 0. The van der Waals surface area contributed by atoms with Crippen LogP contribution in [-0.2, 0) is 0 Å². The van der Waals surface area contributed by atoms with E-state index in [1.165, 1.54) is 17.2 Å². The predicted octanol–water partition coefficient (Wildman–Crippen LogP) is 1.49. The van der Waals surface area contributed by atoms with E-state index in [0.717, 1.165) is 0 Å². The predicted molar refractivity (Wildman–Crippen MR) is 69.2 cm³/mol. The van der Waals surface area contributed by atoms with Crippen molar-refractivity contribution in [1.82, 2.24) is 9.88 Å². The fourth-order valence-electron chi connectivity index (χ4n) is 1.65. The van der Waals surface area contributed by atoms with Crippen LogP contribution in [0.5, 0.6) is 0 Å². The van der Waals surface area contributed by atoms with E-state index in [9.17, 15) is 14.9 Å². The molecule has 0 aromatic carbocycles. The van der Waals surface area contributed by atoms with E-state index in [1.807, 2.05) is 6.92 Å². The monoisotopic (exact) mass is 287 g/mol. The molecule has 104 valence electrons. The van der Waals surface area contributed by atoms with Crippen LogP contribution in [0.3, 0.4) is 0 Å². The molecule has 0 aliphatic rings. The van der Waals surface area contributed by atoms with Crippen LogP contribution in [0, 0.1) is 10.1 Å². The lowest BCUT2D eigenvalue weighted by Crippen LogP contribution is -2.34. The van der Waals surface area contributed by atoms with E-state index in [1.54, 1.807) is 0 Å². The normalized spacial score (nSPS) is 10.3. The highest BCUT2D eigenvalue weighted by molar-refractivity contribution is 6.32. The summed E-state index contributed by atoms with van der Waals surface area (Å²) in [5, 5.41) is 19.5. The molecule has 1 heterocycles. The Kier molecular flexibility index (Phi) is 5.65. The van der Waals surface area contributed by atoms with Gasteiger partial charge in [-0.3, -0.25) is 14.9 Å². The Bertz CT molecular complexity index is 475. The van der Waals surface area contributed by atoms with Crippen molar-refractivity contribution >= 4 is 23.2 Å². The lowest BCUT2D eigenvalue weighted by molar-refractivity contribution is -0.385. The molecule has 1 N–H and O–H groups in total. The SMILES string of the molecule is CCCN(CCO)C(=O)c1ccnc(Cl)c1[N+](=O)[O-]. The van der Waals surface area contributed by atoms with Crippen LogP contribution in [0.15, 0.2) is 12.3 Å². The number of carbonyl (C=O) groups excluding carboxylic acids is 1. The smallest absolute Gasteiger partial charge is 0.319 e.